The number of hydrogen-bond acceptors (Lipinski definition) is 9. The van der Waals surface area contributed by atoms with Gasteiger partial charge in [0.25, 0.3) is 0 Å². The lowest BCUT2D eigenvalue weighted by Crippen LogP contribution is -2.35. The lowest BCUT2D eigenvalue weighted by Gasteiger charge is -2.25. The number of hydrogen-bond donors (Lipinski definition) is 2. The van der Waals surface area contributed by atoms with Crippen LogP contribution in [0.15, 0.2) is 24.4 Å². The Balaban J connectivity index is 1.76. The fourth-order valence-electron chi connectivity index (χ4n) is 3.82. The quantitative estimate of drug-likeness (QED) is 0.365. The van der Waals surface area contributed by atoms with Gasteiger partial charge in [0.15, 0.2) is 5.65 Å². The Morgan fingerprint density at radius 3 is 2.70 bits per heavy atom. The van der Waals surface area contributed by atoms with Gasteiger partial charge in [-0.1, -0.05) is 12.1 Å². The molecule has 12 heteroatoms. The van der Waals surface area contributed by atoms with Crippen LogP contribution >= 0.6 is 0 Å². The SMILES string of the molecule is CCc1cnn2c(N(C)C(=O)OC(C)(C)C)cc(Nc3cc(COC[C@@H](C)O)cc4c3nnn4C)nc12. The van der Waals surface area contributed by atoms with Crippen LogP contribution in [0.3, 0.4) is 0 Å². The predicted molar refractivity (Wildman–Crippen MR) is 140 cm³/mol. The largest absolute Gasteiger partial charge is 0.443 e. The maximum atomic E-state index is 12.9. The summed E-state index contributed by atoms with van der Waals surface area (Å²) < 4.78 is 14.5. The Morgan fingerprint density at radius 1 is 1.27 bits per heavy atom. The smallest absolute Gasteiger partial charge is 0.415 e. The second-order valence-corrected chi connectivity index (χ2v) is 10.0. The highest BCUT2D eigenvalue weighted by Gasteiger charge is 2.24. The molecule has 198 valence electrons. The van der Waals surface area contributed by atoms with Gasteiger partial charge in [-0.2, -0.15) is 9.61 Å². The molecule has 0 spiro atoms. The van der Waals surface area contributed by atoms with E-state index in [1.807, 2.05) is 46.9 Å². The number of rotatable bonds is 8. The third-order valence-corrected chi connectivity index (χ3v) is 5.59. The topological polar surface area (TPSA) is 132 Å². The van der Waals surface area contributed by atoms with Crippen molar-refractivity contribution in [3.05, 3.63) is 35.5 Å². The number of nitrogens with zero attached hydrogens (tertiary/aromatic N) is 7. The summed E-state index contributed by atoms with van der Waals surface area (Å²) in [6.45, 7) is 9.70. The monoisotopic (exact) mass is 510 g/mol. The standard InChI is InChI=1S/C25H34N8O4/c1-8-17-12-26-33-21(31(6)24(35)37-25(3,4)5)11-20(28-23(17)33)27-18-9-16(14-36-13-15(2)34)10-19-22(18)29-30-32(19)7/h9-12,15,34H,8,13-14H2,1-7H3,(H,27,28)/t15-/m1/s1. The molecule has 4 rings (SSSR count). The molecule has 0 saturated heterocycles. The average molecular weight is 511 g/mol. The fraction of sp³-hybridized carbons (Fsp3) is 0.480. The third kappa shape index (κ3) is 5.81. The van der Waals surface area contributed by atoms with Gasteiger partial charge in [-0.3, -0.25) is 4.90 Å². The Labute approximate surface area is 215 Å². The van der Waals surface area contributed by atoms with Crippen LogP contribution in [0.25, 0.3) is 16.7 Å². The van der Waals surface area contributed by atoms with Crippen LogP contribution in [-0.2, 0) is 29.5 Å². The molecule has 0 unspecified atom stereocenters. The van der Waals surface area contributed by atoms with E-state index in [9.17, 15) is 9.90 Å². The van der Waals surface area contributed by atoms with Gasteiger partial charge < -0.3 is 19.9 Å². The van der Waals surface area contributed by atoms with E-state index in [2.05, 4.69) is 20.7 Å². The van der Waals surface area contributed by atoms with Gasteiger partial charge in [0.2, 0.25) is 0 Å². The van der Waals surface area contributed by atoms with Crippen LogP contribution in [0.2, 0.25) is 0 Å². The first-order chi connectivity index (χ1) is 17.5. The lowest BCUT2D eigenvalue weighted by atomic mass is 10.1. The number of amides is 1. The van der Waals surface area contributed by atoms with Gasteiger partial charge >= 0.3 is 6.09 Å². The molecule has 1 amide bonds. The number of carbonyl (C=O) groups is 1. The molecular weight excluding hydrogens is 476 g/mol. The highest BCUT2D eigenvalue weighted by Crippen LogP contribution is 2.29. The Bertz CT molecular complexity index is 1420. The number of anilines is 3. The van der Waals surface area contributed by atoms with Crippen molar-refractivity contribution >= 4 is 40.1 Å². The molecule has 1 aromatic carbocycles. The minimum Gasteiger partial charge on any atom is -0.443 e. The van der Waals surface area contributed by atoms with Crippen molar-refractivity contribution in [1.82, 2.24) is 29.6 Å². The van der Waals surface area contributed by atoms with Gasteiger partial charge in [-0.25, -0.2) is 14.5 Å². The second kappa shape index (κ2) is 10.3. The van der Waals surface area contributed by atoms with Gasteiger partial charge in [0.05, 0.1) is 36.7 Å². The van der Waals surface area contributed by atoms with Crippen LogP contribution in [0.4, 0.5) is 22.1 Å². The summed E-state index contributed by atoms with van der Waals surface area (Å²) >= 11 is 0. The van der Waals surface area contributed by atoms with E-state index in [1.165, 1.54) is 4.90 Å². The molecule has 0 aliphatic rings. The molecule has 0 bridgehead atoms. The molecule has 3 aromatic heterocycles. The number of aliphatic hydroxyl groups excluding tert-OH is 1. The number of carbonyl (C=O) groups excluding carboxylic acids is 1. The second-order valence-electron chi connectivity index (χ2n) is 10.0. The molecule has 4 aromatic rings. The molecule has 0 aliphatic heterocycles. The zero-order chi connectivity index (χ0) is 26.9. The zero-order valence-corrected chi connectivity index (χ0v) is 22.3. The van der Waals surface area contributed by atoms with E-state index in [4.69, 9.17) is 14.5 Å². The number of benzene rings is 1. The van der Waals surface area contributed by atoms with E-state index >= 15 is 0 Å². The molecule has 1 atom stereocenters. The van der Waals surface area contributed by atoms with Crippen LogP contribution in [-0.4, -0.2) is 66.2 Å². The van der Waals surface area contributed by atoms with Gasteiger partial charge in [0, 0.05) is 25.7 Å². The van der Waals surface area contributed by atoms with Gasteiger partial charge in [-0.15, -0.1) is 5.10 Å². The highest BCUT2D eigenvalue weighted by molar-refractivity contribution is 5.91. The van der Waals surface area contributed by atoms with E-state index in [1.54, 1.807) is 35.4 Å². The first kappa shape index (κ1) is 26.3. The number of aliphatic hydroxyl groups is 1. The molecule has 0 radical (unpaired) electrons. The summed E-state index contributed by atoms with van der Waals surface area (Å²) in [5.41, 5.74) is 3.96. The Hall–Kier alpha value is -3.77. The molecule has 37 heavy (non-hydrogen) atoms. The summed E-state index contributed by atoms with van der Waals surface area (Å²) in [7, 11) is 3.46. The maximum Gasteiger partial charge on any atom is 0.415 e. The molecule has 2 N–H and O–H groups in total. The number of ether oxygens (including phenoxy) is 2. The van der Waals surface area contributed by atoms with Crippen LogP contribution in [0.1, 0.15) is 45.7 Å². The summed E-state index contributed by atoms with van der Waals surface area (Å²) in [6, 6.07) is 5.61. The molecule has 0 saturated carbocycles. The minimum atomic E-state index is -0.648. The highest BCUT2D eigenvalue weighted by atomic mass is 16.6. The summed E-state index contributed by atoms with van der Waals surface area (Å²) in [6.07, 6.45) is 1.41. The van der Waals surface area contributed by atoms with Crippen LogP contribution in [0.5, 0.6) is 0 Å². The first-order valence-corrected chi connectivity index (χ1v) is 12.2. The number of aromatic nitrogens is 6. The van der Waals surface area contributed by atoms with Crippen molar-refractivity contribution in [2.75, 3.05) is 23.9 Å². The Kier molecular flexibility index (Phi) is 7.32. The molecule has 0 aliphatic carbocycles. The fourth-order valence-corrected chi connectivity index (χ4v) is 3.82. The van der Waals surface area contributed by atoms with Gasteiger partial charge in [-0.05, 0) is 51.8 Å². The van der Waals surface area contributed by atoms with Crippen LogP contribution < -0.4 is 10.2 Å². The number of nitrogens with one attached hydrogen (secondary N) is 1. The van der Waals surface area contributed by atoms with Crippen LogP contribution in [0, 0.1) is 0 Å². The predicted octanol–water partition coefficient (Wildman–Crippen LogP) is 3.59. The first-order valence-electron chi connectivity index (χ1n) is 12.2. The van der Waals surface area contributed by atoms with Gasteiger partial charge in [0.1, 0.15) is 22.8 Å². The molecule has 0 fully saturated rings. The van der Waals surface area contributed by atoms with Crippen molar-refractivity contribution in [3.8, 4) is 0 Å². The number of fused-ring (bicyclic) bond motifs is 2. The molecular formula is C25H34N8O4. The van der Waals surface area contributed by atoms with Crippen molar-refractivity contribution in [1.29, 1.82) is 0 Å². The van der Waals surface area contributed by atoms with Crippen molar-refractivity contribution in [3.63, 3.8) is 0 Å². The zero-order valence-electron chi connectivity index (χ0n) is 22.3. The minimum absolute atomic E-state index is 0.226. The summed E-state index contributed by atoms with van der Waals surface area (Å²) in [5.74, 6) is 0.996. The van der Waals surface area contributed by atoms with Crippen molar-refractivity contribution in [2.45, 2.75) is 59.4 Å². The van der Waals surface area contributed by atoms with E-state index in [0.29, 0.717) is 35.1 Å². The summed E-state index contributed by atoms with van der Waals surface area (Å²) in [5, 5.41) is 25.8. The summed E-state index contributed by atoms with van der Waals surface area (Å²) in [4.78, 5) is 19.1. The van der Waals surface area contributed by atoms with Crippen molar-refractivity contribution < 1.29 is 19.4 Å². The van der Waals surface area contributed by atoms with E-state index in [0.717, 1.165) is 23.1 Å². The Morgan fingerprint density at radius 2 is 2.03 bits per heavy atom. The molecule has 3 heterocycles. The normalized spacial score (nSPS) is 12.8. The third-order valence-electron chi connectivity index (χ3n) is 5.59. The molecule has 12 nitrogen and oxygen atoms in total. The van der Waals surface area contributed by atoms with E-state index in [-0.39, 0.29) is 6.61 Å². The average Bonchev–Trinajstić information content (AvgIpc) is 3.40. The number of aryl methyl sites for hydroxylation is 2. The van der Waals surface area contributed by atoms with Crippen molar-refractivity contribution in [2.24, 2.45) is 7.05 Å². The van der Waals surface area contributed by atoms with E-state index < -0.39 is 17.8 Å². The lowest BCUT2D eigenvalue weighted by molar-refractivity contribution is 0.0376. The maximum absolute atomic E-state index is 12.9.